The summed E-state index contributed by atoms with van der Waals surface area (Å²) >= 11 is 0. The molecule has 2 N–H and O–H groups in total. The lowest BCUT2D eigenvalue weighted by molar-refractivity contribution is -0.122. The van der Waals surface area contributed by atoms with Gasteiger partial charge in [-0.1, -0.05) is 37.6 Å². The molecule has 164 valence electrons. The summed E-state index contributed by atoms with van der Waals surface area (Å²) in [6.07, 6.45) is 5.89. The van der Waals surface area contributed by atoms with Crippen molar-refractivity contribution in [3.8, 4) is 5.75 Å². The highest BCUT2D eigenvalue weighted by atomic mass is 16.5. The molecule has 3 atom stereocenters. The number of benzene rings is 1. The number of nitrogens with one attached hydrogen (secondary N) is 2. The first kappa shape index (κ1) is 22.4. The molecule has 0 heterocycles. The fraction of sp³-hybridized carbons (Fsp3) is 0.600. The minimum atomic E-state index is 0.0894. The van der Waals surface area contributed by atoms with Crippen LogP contribution in [-0.2, 0) is 16.1 Å². The zero-order valence-corrected chi connectivity index (χ0v) is 18.7. The Kier molecular flexibility index (Phi) is 7.57. The standard InChI is InChI=1S/C25H36N2O3/c1-16(2)23-12-20(17(3)11-21(23)15-27-25(29)19-7-8-19)13-24(28)26-14-18-5-9-22(30-4)10-6-18/h5-6,9-11,16,19-21,23H,7-8,12-15H2,1-4H3,(H,26,28)(H,27,29)/t20-,21-,23-/m0/s1. The number of ether oxygens (including phenoxy) is 1. The molecule has 1 aromatic rings. The molecule has 2 amide bonds. The molecule has 2 aliphatic carbocycles. The number of methoxy groups -OCH3 is 1. The third-order valence-electron chi connectivity index (χ3n) is 6.62. The molecule has 1 aromatic carbocycles. The summed E-state index contributed by atoms with van der Waals surface area (Å²) in [6.45, 7) is 7.87. The molecule has 5 heteroatoms. The smallest absolute Gasteiger partial charge is 0.223 e. The van der Waals surface area contributed by atoms with Crippen molar-refractivity contribution in [3.63, 3.8) is 0 Å². The molecule has 1 fully saturated rings. The number of rotatable bonds is 9. The van der Waals surface area contributed by atoms with Gasteiger partial charge in [-0.3, -0.25) is 9.59 Å². The van der Waals surface area contributed by atoms with Crippen LogP contribution in [0.25, 0.3) is 0 Å². The van der Waals surface area contributed by atoms with E-state index in [-0.39, 0.29) is 23.7 Å². The fourth-order valence-electron chi connectivity index (χ4n) is 4.46. The number of hydrogen-bond donors (Lipinski definition) is 2. The molecular formula is C25H36N2O3. The summed E-state index contributed by atoms with van der Waals surface area (Å²) in [5.41, 5.74) is 2.34. The largest absolute Gasteiger partial charge is 0.497 e. The van der Waals surface area contributed by atoms with E-state index >= 15 is 0 Å². The van der Waals surface area contributed by atoms with Gasteiger partial charge in [0.25, 0.3) is 0 Å². The van der Waals surface area contributed by atoms with Gasteiger partial charge in [0.1, 0.15) is 5.75 Å². The van der Waals surface area contributed by atoms with Gasteiger partial charge in [0.2, 0.25) is 11.8 Å². The number of hydrogen-bond acceptors (Lipinski definition) is 3. The van der Waals surface area contributed by atoms with E-state index < -0.39 is 0 Å². The molecule has 3 rings (SSSR count). The van der Waals surface area contributed by atoms with Gasteiger partial charge in [0.05, 0.1) is 7.11 Å². The number of carbonyl (C=O) groups is 2. The number of carbonyl (C=O) groups excluding carboxylic acids is 2. The van der Waals surface area contributed by atoms with Crippen LogP contribution in [0.2, 0.25) is 0 Å². The van der Waals surface area contributed by atoms with Gasteiger partial charge < -0.3 is 15.4 Å². The number of allylic oxidation sites excluding steroid dienone is 1. The summed E-state index contributed by atoms with van der Waals surface area (Å²) in [4.78, 5) is 24.6. The minimum absolute atomic E-state index is 0.0894. The first-order valence-corrected chi connectivity index (χ1v) is 11.2. The Balaban J connectivity index is 1.53. The van der Waals surface area contributed by atoms with E-state index in [4.69, 9.17) is 4.74 Å². The maximum atomic E-state index is 12.6. The fourth-order valence-corrected chi connectivity index (χ4v) is 4.46. The Bertz CT molecular complexity index is 765. The Morgan fingerprint density at radius 1 is 1.13 bits per heavy atom. The third kappa shape index (κ3) is 6.10. The predicted octanol–water partition coefficient (Wildman–Crippen LogP) is 4.08. The molecule has 0 saturated heterocycles. The van der Waals surface area contributed by atoms with Crippen LogP contribution in [0.3, 0.4) is 0 Å². The molecule has 1 saturated carbocycles. The molecule has 0 bridgehead atoms. The van der Waals surface area contributed by atoms with Crippen molar-refractivity contribution < 1.29 is 14.3 Å². The van der Waals surface area contributed by atoms with Gasteiger partial charge in [0.15, 0.2) is 0 Å². The third-order valence-corrected chi connectivity index (χ3v) is 6.62. The van der Waals surface area contributed by atoms with Crippen molar-refractivity contribution in [1.29, 1.82) is 0 Å². The Morgan fingerprint density at radius 2 is 1.83 bits per heavy atom. The highest BCUT2D eigenvalue weighted by Crippen LogP contribution is 2.39. The van der Waals surface area contributed by atoms with E-state index in [0.29, 0.717) is 37.3 Å². The molecule has 0 unspecified atom stereocenters. The highest BCUT2D eigenvalue weighted by molar-refractivity contribution is 5.80. The van der Waals surface area contributed by atoms with Crippen LogP contribution in [0.4, 0.5) is 0 Å². The topological polar surface area (TPSA) is 67.4 Å². The van der Waals surface area contributed by atoms with E-state index in [0.717, 1.165) is 30.6 Å². The van der Waals surface area contributed by atoms with Crippen LogP contribution >= 0.6 is 0 Å². The normalized spacial score (nSPS) is 23.6. The van der Waals surface area contributed by atoms with Gasteiger partial charge in [-0.05, 0) is 67.6 Å². The molecule has 0 radical (unpaired) electrons. The lowest BCUT2D eigenvalue weighted by atomic mass is 9.69. The van der Waals surface area contributed by atoms with Crippen molar-refractivity contribution in [2.45, 2.75) is 53.0 Å². The van der Waals surface area contributed by atoms with E-state index in [1.54, 1.807) is 7.11 Å². The summed E-state index contributed by atoms with van der Waals surface area (Å²) in [5.74, 6) is 2.98. The van der Waals surface area contributed by atoms with Crippen LogP contribution in [0.1, 0.15) is 52.0 Å². The second-order valence-corrected chi connectivity index (χ2v) is 9.26. The van der Waals surface area contributed by atoms with Gasteiger partial charge in [-0.15, -0.1) is 0 Å². The first-order valence-electron chi connectivity index (χ1n) is 11.2. The van der Waals surface area contributed by atoms with E-state index in [1.807, 2.05) is 24.3 Å². The highest BCUT2D eigenvalue weighted by Gasteiger charge is 2.34. The van der Waals surface area contributed by atoms with Crippen molar-refractivity contribution in [1.82, 2.24) is 10.6 Å². The average Bonchev–Trinajstić information content (AvgIpc) is 3.57. The molecule has 0 aromatic heterocycles. The van der Waals surface area contributed by atoms with E-state index in [2.05, 4.69) is 37.5 Å². The summed E-state index contributed by atoms with van der Waals surface area (Å²) in [6, 6.07) is 7.76. The van der Waals surface area contributed by atoms with E-state index in [9.17, 15) is 9.59 Å². The summed E-state index contributed by atoms with van der Waals surface area (Å²) < 4.78 is 5.17. The van der Waals surface area contributed by atoms with Gasteiger partial charge >= 0.3 is 0 Å². The van der Waals surface area contributed by atoms with Crippen LogP contribution in [0.5, 0.6) is 5.75 Å². The van der Waals surface area contributed by atoms with Crippen molar-refractivity contribution >= 4 is 11.8 Å². The number of amides is 2. The van der Waals surface area contributed by atoms with Gasteiger partial charge in [-0.25, -0.2) is 0 Å². The maximum Gasteiger partial charge on any atom is 0.223 e. The molecular weight excluding hydrogens is 376 g/mol. The summed E-state index contributed by atoms with van der Waals surface area (Å²) in [7, 11) is 1.65. The lowest BCUT2D eigenvalue weighted by Gasteiger charge is -2.37. The van der Waals surface area contributed by atoms with Crippen LogP contribution in [-0.4, -0.2) is 25.5 Å². The van der Waals surface area contributed by atoms with Gasteiger partial charge in [0, 0.05) is 25.4 Å². The maximum absolute atomic E-state index is 12.6. The zero-order chi connectivity index (χ0) is 21.7. The van der Waals surface area contributed by atoms with Crippen LogP contribution in [0, 0.1) is 29.6 Å². The van der Waals surface area contributed by atoms with Crippen molar-refractivity contribution in [3.05, 3.63) is 41.5 Å². The SMILES string of the molecule is COc1ccc(CNC(=O)C[C@@H]2C[C@@H](C(C)C)[C@H](CNC(=O)C3CC3)C=C2C)cc1. The Hall–Kier alpha value is -2.30. The zero-order valence-electron chi connectivity index (χ0n) is 18.7. The summed E-state index contributed by atoms with van der Waals surface area (Å²) in [5, 5.41) is 6.21. The first-order chi connectivity index (χ1) is 14.4. The molecule has 0 aliphatic heterocycles. The van der Waals surface area contributed by atoms with E-state index in [1.165, 1.54) is 5.57 Å². The Labute approximate surface area is 180 Å². The molecule has 5 nitrogen and oxygen atoms in total. The molecule has 0 spiro atoms. The lowest BCUT2D eigenvalue weighted by Crippen LogP contribution is -2.38. The van der Waals surface area contributed by atoms with Crippen LogP contribution in [0.15, 0.2) is 35.9 Å². The molecule has 30 heavy (non-hydrogen) atoms. The van der Waals surface area contributed by atoms with Crippen molar-refractivity contribution in [2.24, 2.45) is 29.6 Å². The second kappa shape index (κ2) is 10.1. The quantitative estimate of drug-likeness (QED) is 0.601. The van der Waals surface area contributed by atoms with Gasteiger partial charge in [-0.2, -0.15) is 0 Å². The predicted molar refractivity (Wildman–Crippen MR) is 119 cm³/mol. The molecule has 2 aliphatic rings. The Morgan fingerprint density at radius 3 is 2.43 bits per heavy atom. The van der Waals surface area contributed by atoms with Crippen LogP contribution < -0.4 is 15.4 Å². The second-order valence-electron chi connectivity index (χ2n) is 9.26. The monoisotopic (exact) mass is 412 g/mol. The minimum Gasteiger partial charge on any atom is -0.497 e. The average molecular weight is 413 g/mol. The van der Waals surface area contributed by atoms with Crippen molar-refractivity contribution in [2.75, 3.05) is 13.7 Å².